The first-order valence-corrected chi connectivity index (χ1v) is 10.5. The van der Waals surface area contributed by atoms with Gasteiger partial charge in [-0.25, -0.2) is 8.78 Å². The Morgan fingerprint density at radius 2 is 1.79 bits per heavy atom. The summed E-state index contributed by atoms with van der Waals surface area (Å²) in [7, 11) is 0. The van der Waals surface area contributed by atoms with Crippen LogP contribution in [-0.4, -0.2) is 37.4 Å². The van der Waals surface area contributed by atoms with Gasteiger partial charge < -0.3 is 9.64 Å². The molecule has 0 heterocycles. The number of ether oxygens (including phenoxy) is 1. The first kappa shape index (κ1) is 27.1. The summed E-state index contributed by atoms with van der Waals surface area (Å²) in [6, 6.07) is 6.79. The summed E-state index contributed by atoms with van der Waals surface area (Å²) < 4.78 is 58.1. The third kappa shape index (κ3) is 7.70. The van der Waals surface area contributed by atoms with Gasteiger partial charge in [-0.3, -0.25) is 25.2 Å². The summed E-state index contributed by atoms with van der Waals surface area (Å²) in [5.74, 6) is -4.86. The molecule has 34 heavy (non-hydrogen) atoms. The number of hydrogen-bond acceptors (Lipinski definition) is 4. The molecular formula is C22H22ClF4N3O4. The van der Waals surface area contributed by atoms with Crippen LogP contribution >= 0.6 is 11.6 Å². The molecule has 2 aromatic rings. The van der Waals surface area contributed by atoms with E-state index >= 15 is 0 Å². The third-order valence-electron chi connectivity index (χ3n) is 4.52. The van der Waals surface area contributed by atoms with Gasteiger partial charge in [0.2, 0.25) is 0 Å². The Kier molecular flexibility index (Phi) is 10.3. The molecule has 0 atom stereocenters. The lowest BCUT2D eigenvalue weighted by Gasteiger charge is -2.24. The summed E-state index contributed by atoms with van der Waals surface area (Å²) >= 11 is 5.83. The van der Waals surface area contributed by atoms with Crippen LogP contribution in [0.1, 0.15) is 35.7 Å². The maximum atomic E-state index is 14.7. The number of carbonyl (C=O) groups is 3. The predicted octanol–water partition coefficient (Wildman–Crippen LogP) is 3.99. The molecule has 0 aliphatic rings. The summed E-state index contributed by atoms with van der Waals surface area (Å²) in [4.78, 5) is 36.7. The molecule has 2 rings (SSSR count). The van der Waals surface area contributed by atoms with E-state index < -0.39 is 35.8 Å². The highest BCUT2D eigenvalue weighted by Gasteiger charge is 2.21. The number of carbonyl (C=O) groups excluding carboxylic acids is 3. The lowest BCUT2D eigenvalue weighted by molar-refractivity contribution is -0.132. The zero-order chi connectivity index (χ0) is 25.3. The van der Waals surface area contributed by atoms with Crippen molar-refractivity contribution in [2.24, 2.45) is 0 Å². The largest absolute Gasteiger partial charge is 0.372 e. The number of anilines is 1. The number of amides is 3. The first-order chi connectivity index (χ1) is 16.1. The number of hydrogen-bond donors (Lipinski definition) is 2. The second kappa shape index (κ2) is 12.9. The standard InChI is InChI=1S/C22H22ClF4N3O4/c1-2-3-8-34-12-19(31)30(15-6-7-17(24)16(23)10-15)11-14-5-4-13(9-18(14)25)21(32)28-29-22(33)20(26)27/h4-7,9-10,20H,2-3,8,11-12H2,1H3,(H,28,32)(H,29,33). The fraction of sp³-hybridized carbons (Fsp3) is 0.318. The molecule has 0 saturated carbocycles. The van der Waals surface area contributed by atoms with Gasteiger partial charge in [0.15, 0.2) is 0 Å². The van der Waals surface area contributed by atoms with Crippen LogP contribution in [0.3, 0.4) is 0 Å². The molecule has 0 aromatic heterocycles. The number of alkyl halides is 2. The number of unbranched alkanes of at least 4 members (excludes halogenated alkanes) is 1. The van der Waals surface area contributed by atoms with Crippen molar-refractivity contribution in [1.29, 1.82) is 0 Å². The van der Waals surface area contributed by atoms with E-state index in [2.05, 4.69) is 0 Å². The highest BCUT2D eigenvalue weighted by Crippen LogP contribution is 2.25. The lowest BCUT2D eigenvalue weighted by Crippen LogP contribution is -2.44. The minimum Gasteiger partial charge on any atom is -0.372 e. The molecule has 184 valence electrons. The van der Waals surface area contributed by atoms with Crippen LogP contribution in [0.2, 0.25) is 5.02 Å². The summed E-state index contributed by atoms with van der Waals surface area (Å²) in [5, 5.41) is -0.236. The van der Waals surface area contributed by atoms with Gasteiger partial charge >= 0.3 is 12.3 Å². The molecule has 0 unspecified atom stereocenters. The highest BCUT2D eigenvalue weighted by atomic mass is 35.5. The summed E-state index contributed by atoms with van der Waals surface area (Å²) in [5.41, 5.74) is 3.17. The predicted molar refractivity (Wildman–Crippen MR) is 116 cm³/mol. The number of hydrazine groups is 1. The van der Waals surface area contributed by atoms with E-state index in [1.54, 1.807) is 5.43 Å². The lowest BCUT2D eigenvalue weighted by atomic mass is 10.1. The highest BCUT2D eigenvalue weighted by molar-refractivity contribution is 6.31. The van der Waals surface area contributed by atoms with E-state index in [9.17, 15) is 31.9 Å². The molecule has 0 radical (unpaired) electrons. The van der Waals surface area contributed by atoms with Gasteiger partial charge in [-0.05, 0) is 36.8 Å². The van der Waals surface area contributed by atoms with Gasteiger partial charge in [0.05, 0.1) is 11.6 Å². The normalized spacial score (nSPS) is 10.8. The number of rotatable bonds is 10. The third-order valence-corrected chi connectivity index (χ3v) is 4.81. The number of benzene rings is 2. The van der Waals surface area contributed by atoms with Crippen molar-refractivity contribution in [3.63, 3.8) is 0 Å². The van der Waals surface area contributed by atoms with E-state index in [4.69, 9.17) is 16.3 Å². The van der Waals surface area contributed by atoms with Crippen molar-refractivity contribution in [3.05, 3.63) is 64.2 Å². The minimum atomic E-state index is -3.34. The van der Waals surface area contributed by atoms with E-state index in [0.29, 0.717) is 6.61 Å². The molecule has 0 spiro atoms. The molecule has 12 heteroatoms. The zero-order valence-corrected chi connectivity index (χ0v) is 18.8. The van der Waals surface area contributed by atoms with Crippen LogP contribution in [-0.2, 0) is 20.9 Å². The molecule has 0 bridgehead atoms. The Hall–Kier alpha value is -3.18. The Labute approximate surface area is 198 Å². The van der Waals surface area contributed by atoms with Crippen molar-refractivity contribution < 1.29 is 36.7 Å². The Balaban J connectivity index is 2.21. The fourth-order valence-corrected chi connectivity index (χ4v) is 2.87. The van der Waals surface area contributed by atoms with Crippen LogP contribution in [0, 0.1) is 11.6 Å². The van der Waals surface area contributed by atoms with E-state index in [1.165, 1.54) is 29.7 Å². The van der Waals surface area contributed by atoms with Crippen molar-refractivity contribution in [3.8, 4) is 0 Å². The van der Waals surface area contributed by atoms with Gasteiger partial charge in [-0.1, -0.05) is 31.0 Å². The van der Waals surface area contributed by atoms with Crippen LogP contribution in [0.15, 0.2) is 36.4 Å². The Morgan fingerprint density at radius 3 is 2.41 bits per heavy atom. The molecule has 0 aliphatic heterocycles. The second-order valence-corrected chi connectivity index (χ2v) is 7.44. The molecule has 0 aliphatic carbocycles. The number of nitrogens with one attached hydrogen (secondary N) is 2. The van der Waals surface area contributed by atoms with Gasteiger partial charge in [-0.2, -0.15) is 8.78 Å². The minimum absolute atomic E-state index is 0.00415. The van der Waals surface area contributed by atoms with E-state index in [1.807, 2.05) is 6.92 Å². The van der Waals surface area contributed by atoms with Crippen LogP contribution in [0.4, 0.5) is 23.2 Å². The molecular weight excluding hydrogens is 482 g/mol. The zero-order valence-electron chi connectivity index (χ0n) is 18.0. The average molecular weight is 504 g/mol. The van der Waals surface area contributed by atoms with E-state index in [-0.39, 0.29) is 35.0 Å². The van der Waals surface area contributed by atoms with Crippen molar-refractivity contribution in [1.82, 2.24) is 10.9 Å². The number of halogens is 5. The monoisotopic (exact) mass is 503 g/mol. The first-order valence-electron chi connectivity index (χ1n) is 10.1. The van der Waals surface area contributed by atoms with Crippen molar-refractivity contribution in [2.75, 3.05) is 18.1 Å². The molecule has 2 N–H and O–H groups in total. The second-order valence-electron chi connectivity index (χ2n) is 7.03. The van der Waals surface area contributed by atoms with Gasteiger partial charge in [0, 0.05) is 23.4 Å². The number of nitrogens with zero attached hydrogens (tertiary/aromatic N) is 1. The van der Waals surface area contributed by atoms with E-state index in [0.717, 1.165) is 29.9 Å². The SMILES string of the molecule is CCCCOCC(=O)N(Cc1ccc(C(=O)NNC(=O)C(F)F)cc1F)c1ccc(F)c(Cl)c1. The van der Waals surface area contributed by atoms with Gasteiger partial charge in [-0.15, -0.1) is 0 Å². The maximum Gasteiger partial charge on any atom is 0.317 e. The smallest absolute Gasteiger partial charge is 0.317 e. The topological polar surface area (TPSA) is 87.7 Å². The molecule has 7 nitrogen and oxygen atoms in total. The maximum absolute atomic E-state index is 14.7. The van der Waals surface area contributed by atoms with Gasteiger partial charge in [0.25, 0.3) is 11.8 Å². The van der Waals surface area contributed by atoms with Crippen molar-refractivity contribution in [2.45, 2.75) is 32.7 Å². The molecule has 2 aromatic carbocycles. The van der Waals surface area contributed by atoms with Gasteiger partial charge in [0.1, 0.15) is 18.2 Å². The molecule has 0 saturated heterocycles. The quantitative estimate of drug-likeness (QED) is 0.291. The summed E-state index contributed by atoms with van der Waals surface area (Å²) in [6.07, 6.45) is -1.73. The molecule has 0 fully saturated rings. The summed E-state index contributed by atoms with van der Waals surface area (Å²) in [6.45, 7) is 1.70. The average Bonchev–Trinajstić information content (AvgIpc) is 2.80. The Morgan fingerprint density at radius 1 is 1.06 bits per heavy atom. The fourth-order valence-electron chi connectivity index (χ4n) is 2.69. The van der Waals surface area contributed by atoms with Crippen LogP contribution in [0.25, 0.3) is 0 Å². The van der Waals surface area contributed by atoms with Crippen LogP contribution in [0.5, 0.6) is 0 Å². The molecule has 3 amide bonds. The van der Waals surface area contributed by atoms with Crippen LogP contribution < -0.4 is 15.8 Å². The van der Waals surface area contributed by atoms with Crippen molar-refractivity contribution >= 4 is 35.0 Å². The Bertz CT molecular complexity index is 1040.